The maximum atomic E-state index is 14.5. The fourth-order valence-electron chi connectivity index (χ4n) is 4.72. The van der Waals surface area contributed by atoms with Crippen molar-refractivity contribution in [3.63, 3.8) is 0 Å². The number of alkyl halides is 3. The molecule has 2 N–H and O–H groups in total. The van der Waals surface area contributed by atoms with Gasteiger partial charge in [0.25, 0.3) is 0 Å². The van der Waals surface area contributed by atoms with Gasteiger partial charge in [-0.25, -0.2) is 14.4 Å². The molecule has 4 rings (SSSR count). The van der Waals surface area contributed by atoms with E-state index >= 15 is 0 Å². The van der Waals surface area contributed by atoms with Gasteiger partial charge in [0.05, 0.1) is 18.7 Å². The highest BCUT2D eigenvalue weighted by Crippen LogP contribution is 2.56. The second kappa shape index (κ2) is 7.30. The minimum Gasteiger partial charge on any atom is -0.493 e. The molecule has 2 aromatic carbocycles. The lowest BCUT2D eigenvalue weighted by Crippen LogP contribution is -2.58. The molecule has 32 heavy (non-hydrogen) atoms. The zero-order valence-electron chi connectivity index (χ0n) is 18.0. The average molecular weight is 449 g/mol. The summed E-state index contributed by atoms with van der Waals surface area (Å²) in [5.41, 5.74) is -3.07. The van der Waals surface area contributed by atoms with Crippen molar-refractivity contribution in [2.75, 3.05) is 12.4 Å². The topological polar surface area (TPSA) is 67.3 Å². The lowest BCUT2D eigenvalue weighted by atomic mass is 9.63. The molecule has 0 bridgehead atoms. The number of aromatic nitrogens is 2. The molecule has 1 aromatic heterocycles. The number of anilines is 1. The first-order valence-corrected chi connectivity index (χ1v) is 10.0. The molecule has 170 valence electrons. The Labute approximate surface area is 182 Å². The van der Waals surface area contributed by atoms with Crippen molar-refractivity contribution in [2.24, 2.45) is 0 Å². The highest BCUT2D eigenvalue weighted by atomic mass is 19.4. The summed E-state index contributed by atoms with van der Waals surface area (Å²) in [6.45, 7) is 4.78. The minimum absolute atomic E-state index is 0.115. The predicted molar refractivity (Wildman–Crippen MR) is 112 cm³/mol. The molecule has 1 aliphatic carbocycles. The molecule has 2 unspecified atom stereocenters. The summed E-state index contributed by atoms with van der Waals surface area (Å²) in [6.07, 6.45) is -4.13. The van der Waals surface area contributed by atoms with Gasteiger partial charge in [-0.1, -0.05) is 26.0 Å². The Morgan fingerprint density at radius 1 is 1.19 bits per heavy atom. The van der Waals surface area contributed by atoms with E-state index in [9.17, 15) is 22.7 Å². The van der Waals surface area contributed by atoms with E-state index in [1.54, 1.807) is 25.1 Å². The second-order valence-corrected chi connectivity index (χ2v) is 8.76. The first-order chi connectivity index (χ1) is 14.9. The number of methoxy groups -OCH3 is 1. The van der Waals surface area contributed by atoms with E-state index in [1.807, 2.05) is 0 Å². The van der Waals surface area contributed by atoms with Crippen LogP contribution in [0.25, 0.3) is 10.9 Å². The van der Waals surface area contributed by atoms with Crippen molar-refractivity contribution in [2.45, 2.75) is 50.4 Å². The Morgan fingerprint density at radius 2 is 1.91 bits per heavy atom. The number of nitrogens with zero attached hydrogens (tertiary/aromatic N) is 2. The maximum absolute atomic E-state index is 14.5. The third-order valence-electron chi connectivity index (χ3n) is 6.06. The van der Waals surface area contributed by atoms with Crippen molar-refractivity contribution in [1.29, 1.82) is 0 Å². The second-order valence-electron chi connectivity index (χ2n) is 8.76. The van der Waals surface area contributed by atoms with Crippen LogP contribution in [-0.4, -0.2) is 34.0 Å². The highest BCUT2D eigenvalue weighted by molar-refractivity contribution is 5.91. The zero-order chi connectivity index (χ0) is 23.5. The Hall–Kier alpha value is -2.94. The number of nitrogens with one attached hydrogen (secondary N) is 1. The molecule has 2 atom stereocenters. The van der Waals surface area contributed by atoms with Gasteiger partial charge in [0.2, 0.25) is 0 Å². The number of ether oxygens (including phenoxy) is 1. The predicted octanol–water partition coefficient (Wildman–Crippen LogP) is 5.21. The Balaban J connectivity index is 1.97. The molecule has 0 saturated carbocycles. The van der Waals surface area contributed by atoms with Crippen LogP contribution in [0.3, 0.4) is 0 Å². The Bertz CT molecular complexity index is 1200. The number of aliphatic hydroxyl groups is 1. The normalized spacial score (nSPS) is 22.5. The zero-order valence-corrected chi connectivity index (χ0v) is 18.0. The summed E-state index contributed by atoms with van der Waals surface area (Å²) in [6, 6.07) is 5.68. The van der Waals surface area contributed by atoms with Crippen LogP contribution in [0.1, 0.15) is 43.3 Å². The van der Waals surface area contributed by atoms with Gasteiger partial charge in [-0.15, -0.1) is 0 Å². The van der Waals surface area contributed by atoms with Crippen LogP contribution in [0.4, 0.5) is 23.2 Å². The van der Waals surface area contributed by atoms with E-state index in [4.69, 9.17) is 4.74 Å². The monoisotopic (exact) mass is 449 g/mol. The van der Waals surface area contributed by atoms with Crippen LogP contribution in [0.15, 0.2) is 36.5 Å². The van der Waals surface area contributed by atoms with Gasteiger partial charge in [0.15, 0.2) is 17.2 Å². The van der Waals surface area contributed by atoms with Crippen molar-refractivity contribution in [1.82, 2.24) is 9.97 Å². The quantitative estimate of drug-likeness (QED) is 0.537. The van der Waals surface area contributed by atoms with E-state index in [1.165, 1.54) is 33.2 Å². The fourth-order valence-corrected chi connectivity index (χ4v) is 4.72. The smallest absolute Gasteiger partial charge is 0.419 e. The van der Waals surface area contributed by atoms with E-state index in [0.717, 1.165) is 6.07 Å². The number of fused-ring (bicyclic) bond motifs is 2. The maximum Gasteiger partial charge on any atom is 0.419 e. The average Bonchev–Trinajstić information content (AvgIpc) is 2.69. The fraction of sp³-hybridized carbons (Fsp3) is 0.391. The standard InChI is InChI=1S/C23H23F4N3O2/c1-12-28-10-14-16(29-12)6-5-7-17(14)30-20-13-8-9-15(24)19(32-4)18(13)21(2,3)11-22(20,31)23(25,26)27/h5-10,20,30-31H,11H2,1-4H3. The molecular weight excluding hydrogens is 426 g/mol. The summed E-state index contributed by atoms with van der Waals surface area (Å²) in [4.78, 5) is 8.46. The summed E-state index contributed by atoms with van der Waals surface area (Å²) < 4.78 is 62.7. The number of hydrogen-bond donors (Lipinski definition) is 2. The molecule has 3 aromatic rings. The van der Waals surface area contributed by atoms with Crippen LogP contribution in [0.5, 0.6) is 5.75 Å². The third-order valence-corrected chi connectivity index (χ3v) is 6.06. The summed E-state index contributed by atoms with van der Waals surface area (Å²) in [5, 5.41) is 14.5. The van der Waals surface area contributed by atoms with E-state index < -0.39 is 35.5 Å². The van der Waals surface area contributed by atoms with Gasteiger partial charge >= 0.3 is 6.18 Å². The van der Waals surface area contributed by atoms with Crippen LogP contribution in [0.2, 0.25) is 0 Å². The Morgan fingerprint density at radius 3 is 2.56 bits per heavy atom. The van der Waals surface area contributed by atoms with E-state index in [-0.39, 0.29) is 11.3 Å². The molecule has 0 spiro atoms. The summed E-state index contributed by atoms with van der Waals surface area (Å²) >= 11 is 0. The summed E-state index contributed by atoms with van der Waals surface area (Å²) in [5.74, 6) is -0.281. The highest BCUT2D eigenvalue weighted by Gasteiger charge is 2.64. The van der Waals surface area contributed by atoms with Gasteiger partial charge in [-0.2, -0.15) is 13.2 Å². The molecule has 0 radical (unpaired) electrons. The van der Waals surface area contributed by atoms with Crippen LogP contribution < -0.4 is 10.1 Å². The van der Waals surface area contributed by atoms with E-state index in [0.29, 0.717) is 28.0 Å². The molecule has 1 aliphatic rings. The number of aryl methyl sites for hydroxylation is 1. The molecule has 9 heteroatoms. The van der Waals surface area contributed by atoms with Crippen molar-refractivity contribution in [3.8, 4) is 5.75 Å². The molecule has 0 fully saturated rings. The van der Waals surface area contributed by atoms with Crippen molar-refractivity contribution >= 4 is 16.6 Å². The van der Waals surface area contributed by atoms with Gasteiger partial charge < -0.3 is 15.2 Å². The number of rotatable bonds is 3. The van der Waals surface area contributed by atoms with Gasteiger partial charge in [0, 0.05) is 22.8 Å². The number of benzene rings is 2. The van der Waals surface area contributed by atoms with Crippen molar-refractivity contribution < 1.29 is 27.4 Å². The van der Waals surface area contributed by atoms with Crippen molar-refractivity contribution in [3.05, 3.63) is 59.3 Å². The molecule has 5 nitrogen and oxygen atoms in total. The molecular formula is C23H23F4N3O2. The van der Waals surface area contributed by atoms with Crippen LogP contribution in [-0.2, 0) is 5.41 Å². The first-order valence-electron chi connectivity index (χ1n) is 10.0. The minimum atomic E-state index is -4.96. The molecule has 0 amide bonds. The van der Waals surface area contributed by atoms with Crippen LogP contribution in [0, 0.1) is 12.7 Å². The molecule has 0 saturated heterocycles. The van der Waals surface area contributed by atoms with Crippen LogP contribution >= 0.6 is 0 Å². The SMILES string of the molecule is COc1c(F)ccc2c1C(C)(C)CC(O)(C(F)(F)F)C2Nc1cccc2nc(C)ncc12. The first kappa shape index (κ1) is 22.3. The van der Waals surface area contributed by atoms with Gasteiger partial charge in [0.1, 0.15) is 5.82 Å². The third kappa shape index (κ3) is 3.35. The molecule has 1 heterocycles. The lowest BCUT2D eigenvalue weighted by Gasteiger charge is -2.49. The largest absolute Gasteiger partial charge is 0.493 e. The Kier molecular flexibility index (Phi) is 5.08. The van der Waals surface area contributed by atoms with E-state index in [2.05, 4.69) is 15.3 Å². The number of halogens is 4. The van der Waals surface area contributed by atoms with Gasteiger partial charge in [-0.05, 0) is 42.5 Å². The molecule has 0 aliphatic heterocycles. The lowest BCUT2D eigenvalue weighted by molar-refractivity contribution is -0.275. The summed E-state index contributed by atoms with van der Waals surface area (Å²) in [7, 11) is 1.27. The van der Waals surface area contributed by atoms with Gasteiger partial charge in [-0.3, -0.25) is 0 Å². The number of hydrogen-bond acceptors (Lipinski definition) is 5.